The van der Waals surface area contributed by atoms with Gasteiger partial charge in [-0.15, -0.1) is 24.0 Å². The molecule has 0 bridgehead atoms. The normalized spacial score (nSPS) is 19.1. The van der Waals surface area contributed by atoms with Gasteiger partial charge in [-0.05, 0) is 27.7 Å². The highest BCUT2D eigenvalue weighted by Crippen LogP contribution is 2.25. The minimum absolute atomic E-state index is 0. The number of halogens is 4. The summed E-state index contributed by atoms with van der Waals surface area (Å²) in [5.41, 5.74) is 0. The second kappa shape index (κ2) is 9.76. The van der Waals surface area contributed by atoms with Gasteiger partial charge in [-0.1, -0.05) is 0 Å². The summed E-state index contributed by atoms with van der Waals surface area (Å²) < 4.78 is 61.1. The predicted molar refractivity (Wildman–Crippen MR) is 109 cm³/mol. The summed E-state index contributed by atoms with van der Waals surface area (Å²) in [6.07, 6.45) is -3.06. The Balaban J connectivity index is 0.00000625. The summed E-state index contributed by atoms with van der Waals surface area (Å²) >= 11 is 0. The number of alkyl halides is 3. The minimum atomic E-state index is -4.24. The molecular formula is C15H30F3IN4O2S. The van der Waals surface area contributed by atoms with Crippen LogP contribution in [0.1, 0.15) is 27.7 Å². The fraction of sp³-hybridized carbons (Fsp3) is 0.933. The second-order valence-electron chi connectivity index (χ2n) is 6.94. The molecular weight excluding hydrogens is 484 g/mol. The van der Waals surface area contributed by atoms with Crippen molar-refractivity contribution in [1.82, 2.24) is 15.1 Å². The summed E-state index contributed by atoms with van der Waals surface area (Å²) in [5, 5.41) is 3.09. The van der Waals surface area contributed by atoms with Crippen molar-refractivity contribution in [2.45, 2.75) is 44.7 Å². The van der Waals surface area contributed by atoms with E-state index in [9.17, 15) is 21.6 Å². The summed E-state index contributed by atoms with van der Waals surface area (Å²) in [4.78, 5) is 7.69. The van der Waals surface area contributed by atoms with Gasteiger partial charge in [-0.25, -0.2) is 8.42 Å². The molecule has 0 aliphatic carbocycles. The second-order valence-corrected chi connectivity index (χ2v) is 9.59. The van der Waals surface area contributed by atoms with Crippen LogP contribution in [0.3, 0.4) is 0 Å². The van der Waals surface area contributed by atoms with Crippen LogP contribution in [0.4, 0.5) is 13.2 Å². The third-order valence-corrected chi connectivity index (χ3v) is 6.72. The lowest BCUT2D eigenvalue weighted by molar-refractivity contribution is -0.181. The fourth-order valence-electron chi connectivity index (χ4n) is 2.34. The lowest BCUT2D eigenvalue weighted by Gasteiger charge is -2.39. The molecule has 156 valence electrons. The quantitative estimate of drug-likeness (QED) is 0.346. The Morgan fingerprint density at radius 2 is 1.69 bits per heavy atom. The molecule has 1 heterocycles. The smallest absolute Gasteiger partial charge is 0.357 e. The van der Waals surface area contributed by atoms with Crippen LogP contribution in [-0.2, 0) is 9.84 Å². The van der Waals surface area contributed by atoms with Gasteiger partial charge >= 0.3 is 6.18 Å². The molecule has 1 fully saturated rings. The molecule has 0 aromatic carbocycles. The van der Waals surface area contributed by atoms with Crippen molar-refractivity contribution < 1.29 is 21.6 Å². The van der Waals surface area contributed by atoms with Crippen molar-refractivity contribution in [3.63, 3.8) is 0 Å². The molecule has 1 saturated heterocycles. The number of nitrogens with zero attached hydrogens (tertiary/aromatic N) is 3. The molecule has 26 heavy (non-hydrogen) atoms. The van der Waals surface area contributed by atoms with Gasteiger partial charge in [0.25, 0.3) is 0 Å². The number of sulfone groups is 1. The molecule has 1 unspecified atom stereocenters. The number of nitrogens with one attached hydrogen (secondary N) is 1. The average Bonchev–Trinajstić information content (AvgIpc) is 2.49. The van der Waals surface area contributed by atoms with Crippen molar-refractivity contribution >= 4 is 39.8 Å². The molecule has 0 amide bonds. The first-order valence-corrected chi connectivity index (χ1v) is 10.2. The third-order valence-electron chi connectivity index (χ3n) is 4.58. The number of hydrogen-bond donors (Lipinski definition) is 1. The number of aliphatic imine (C=N–C) groups is 1. The lowest BCUT2D eigenvalue weighted by Crippen LogP contribution is -2.57. The molecule has 1 N–H and O–H groups in total. The summed E-state index contributed by atoms with van der Waals surface area (Å²) in [7, 11) is -3.27. The first-order chi connectivity index (χ1) is 11.3. The number of guanidine groups is 1. The number of hydrogen-bond acceptors (Lipinski definition) is 4. The van der Waals surface area contributed by atoms with Gasteiger partial charge in [-0.3, -0.25) is 9.89 Å². The van der Waals surface area contributed by atoms with Gasteiger partial charge in [0.05, 0.1) is 11.3 Å². The van der Waals surface area contributed by atoms with E-state index in [1.54, 1.807) is 13.8 Å². The molecule has 0 aromatic rings. The van der Waals surface area contributed by atoms with Crippen molar-refractivity contribution in [1.29, 1.82) is 0 Å². The molecule has 11 heteroatoms. The Labute approximate surface area is 171 Å². The van der Waals surface area contributed by atoms with E-state index in [-0.39, 0.29) is 43.6 Å². The van der Waals surface area contributed by atoms with Gasteiger partial charge in [0.15, 0.2) is 15.8 Å². The predicted octanol–water partition coefficient (Wildman–Crippen LogP) is 1.96. The first-order valence-electron chi connectivity index (χ1n) is 8.33. The topological polar surface area (TPSA) is 65.0 Å². The lowest BCUT2D eigenvalue weighted by atomic mass is 10.2. The molecule has 1 atom stereocenters. The number of piperazine rings is 1. The maximum atomic E-state index is 12.8. The first kappa shape index (κ1) is 25.7. The zero-order valence-electron chi connectivity index (χ0n) is 15.9. The molecule has 0 saturated carbocycles. The van der Waals surface area contributed by atoms with Crippen LogP contribution in [0.2, 0.25) is 0 Å². The van der Waals surface area contributed by atoms with Crippen LogP contribution in [0, 0.1) is 0 Å². The van der Waals surface area contributed by atoms with Gasteiger partial charge in [0.2, 0.25) is 0 Å². The Hall–Kier alpha value is -0.300. The van der Waals surface area contributed by atoms with E-state index in [0.717, 1.165) is 0 Å². The van der Waals surface area contributed by atoms with Crippen LogP contribution >= 0.6 is 24.0 Å². The Morgan fingerprint density at radius 3 is 2.08 bits per heavy atom. The van der Waals surface area contributed by atoms with Crippen molar-refractivity contribution in [3.05, 3.63) is 0 Å². The van der Waals surface area contributed by atoms with E-state index in [0.29, 0.717) is 25.6 Å². The van der Waals surface area contributed by atoms with E-state index >= 15 is 0 Å². The fourth-order valence-corrected chi connectivity index (χ4v) is 2.64. The molecule has 1 aliphatic heterocycles. The molecule has 1 rings (SSSR count). The third kappa shape index (κ3) is 7.02. The van der Waals surface area contributed by atoms with E-state index < -0.39 is 26.8 Å². The maximum absolute atomic E-state index is 12.8. The van der Waals surface area contributed by atoms with Crippen molar-refractivity contribution in [2.75, 3.05) is 45.5 Å². The van der Waals surface area contributed by atoms with E-state index in [1.807, 2.05) is 11.8 Å². The highest BCUT2D eigenvalue weighted by molar-refractivity contribution is 14.0. The number of rotatable bonds is 5. The van der Waals surface area contributed by atoms with Crippen LogP contribution in [0.5, 0.6) is 0 Å². The molecule has 1 aliphatic rings. The maximum Gasteiger partial charge on any atom is 0.403 e. The Bertz CT molecular complexity index is 574. The SMILES string of the molecule is CCNC(=NCC(C)(C)S(C)(=O)=O)N1CCN(C(C)C(F)(F)F)CC1.I. The van der Waals surface area contributed by atoms with E-state index in [2.05, 4.69) is 10.3 Å². The van der Waals surface area contributed by atoms with Gasteiger partial charge < -0.3 is 10.2 Å². The van der Waals surface area contributed by atoms with E-state index in [4.69, 9.17) is 0 Å². The van der Waals surface area contributed by atoms with Gasteiger partial charge in [0.1, 0.15) is 6.04 Å². The van der Waals surface area contributed by atoms with Gasteiger partial charge in [-0.2, -0.15) is 13.2 Å². The summed E-state index contributed by atoms with van der Waals surface area (Å²) in [6, 6.07) is -1.47. The van der Waals surface area contributed by atoms with Crippen molar-refractivity contribution in [3.8, 4) is 0 Å². The monoisotopic (exact) mass is 514 g/mol. The minimum Gasteiger partial charge on any atom is -0.357 e. The highest BCUT2D eigenvalue weighted by Gasteiger charge is 2.41. The average molecular weight is 514 g/mol. The molecule has 0 spiro atoms. The summed E-state index contributed by atoms with van der Waals surface area (Å²) in [6.45, 7) is 8.34. The van der Waals surface area contributed by atoms with Crippen molar-refractivity contribution in [2.24, 2.45) is 4.99 Å². The van der Waals surface area contributed by atoms with Gasteiger partial charge in [0, 0.05) is 39.0 Å². The summed E-state index contributed by atoms with van der Waals surface area (Å²) in [5.74, 6) is 0.540. The Kier molecular flexibility index (Phi) is 9.65. The largest absolute Gasteiger partial charge is 0.403 e. The molecule has 0 aromatic heterocycles. The Morgan fingerprint density at radius 1 is 1.19 bits per heavy atom. The zero-order valence-corrected chi connectivity index (χ0v) is 19.1. The standard InChI is InChI=1S/C15H29F3N4O2S.HI/c1-6-19-13(20-11-14(3,4)25(5,23)24)22-9-7-21(8-10-22)12(2)15(16,17)18;/h12H,6-11H2,1-5H3,(H,19,20);1H. The van der Waals surface area contributed by atoms with E-state index in [1.165, 1.54) is 18.1 Å². The van der Waals surface area contributed by atoms with Crippen LogP contribution < -0.4 is 5.32 Å². The van der Waals surface area contributed by atoms with Crippen LogP contribution in [-0.4, -0.2) is 86.7 Å². The molecule has 6 nitrogen and oxygen atoms in total. The zero-order chi connectivity index (χ0) is 19.5. The molecule has 0 radical (unpaired) electrons. The highest BCUT2D eigenvalue weighted by atomic mass is 127. The van der Waals surface area contributed by atoms with Crippen LogP contribution in [0.25, 0.3) is 0 Å². The van der Waals surface area contributed by atoms with Crippen LogP contribution in [0.15, 0.2) is 4.99 Å².